The summed E-state index contributed by atoms with van der Waals surface area (Å²) in [6.45, 7) is 4.19. The number of thiophene rings is 1. The molecule has 0 saturated carbocycles. The minimum atomic E-state index is -0.945. The summed E-state index contributed by atoms with van der Waals surface area (Å²) in [5.74, 6) is -0.151. The van der Waals surface area contributed by atoms with E-state index in [0.29, 0.717) is 6.54 Å². The van der Waals surface area contributed by atoms with Gasteiger partial charge in [0.1, 0.15) is 17.5 Å². The van der Waals surface area contributed by atoms with Gasteiger partial charge in [0.25, 0.3) is 0 Å². The van der Waals surface area contributed by atoms with Crippen LogP contribution in [0.5, 0.6) is 5.75 Å². The fourth-order valence-corrected chi connectivity index (χ4v) is 3.68. The molecule has 122 valence electrons. The predicted molar refractivity (Wildman–Crippen MR) is 88.0 cm³/mol. The molecule has 0 saturated heterocycles. The highest BCUT2D eigenvalue weighted by Gasteiger charge is 2.43. The molecule has 0 fully saturated rings. The van der Waals surface area contributed by atoms with Crippen LogP contribution in [0.25, 0.3) is 0 Å². The Bertz CT molecular complexity index is 725. The number of nitrogens with one attached hydrogen (secondary N) is 1. The van der Waals surface area contributed by atoms with Crippen molar-refractivity contribution in [2.45, 2.75) is 38.1 Å². The molecule has 0 spiro atoms. The Morgan fingerprint density at radius 1 is 1.39 bits per heavy atom. The molecule has 1 aliphatic heterocycles. The van der Waals surface area contributed by atoms with Crippen molar-refractivity contribution in [3.05, 3.63) is 51.7 Å². The van der Waals surface area contributed by atoms with Crippen molar-refractivity contribution in [2.75, 3.05) is 0 Å². The molecule has 3 rings (SSSR count). The average Bonchev–Trinajstić information content (AvgIpc) is 2.95. The van der Waals surface area contributed by atoms with E-state index in [0.717, 1.165) is 16.2 Å². The summed E-state index contributed by atoms with van der Waals surface area (Å²) in [5, 5.41) is 25.0. The van der Waals surface area contributed by atoms with Crippen LogP contribution in [0.4, 0.5) is 0 Å². The summed E-state index contributed by atoms with van der Waals surface area (Å²) in [7, 11) is 0. The number of carbonyl (C=O) groups is 1. The fraction of sp³-hybridized carbons (Fsp3) is 0.353. The van der Waals surface area contributed by atoms with Gasteiger partial charge >= 0.3 is 5.97 Å². The normalized spacial score (nSPS) is 22.2. The third-order valence-corrected chi connectivity index (χ3v) is 5.02. The highest BCUT2D eigenvalue weighted by Crippen LogP contribution is 2.42. The molecule has 0 radical (unpaired) electrons. The van der Waals surface area contributed by atoms with Gasteiger partial charge in [0, 0.05) is 6.54 Å². The van der Waals surface area contributed by atoms with E-state index in [1.807, 2.05) is 31.4 Å². The lowest BCUT2D eigenvalue weighted by molar-refractivity contribution is -0.0632. The number of hydrogen-bond donors (Lipinski definition) is 3. The van der Waals surface area contributed by atoms with Crippen molar-refractivity contribution in [3.8, 4) is 5.75 Å². The molecule has 6 heteroatoms. The summed E-state index contributed by atoms with van der Waals surface area (Å²) < 4.78 is 5.85. The lowest BCUT2D eigenvalue weighted by atomic mass is 9.90. The van der Waals surface area contributed by atoms with Gasteiger partial charge in [-0.15, -0.1) is 11.3 Å². The monoisotopic (exact) mass is 333 g/mol. The van der Waals surface area contributed by atoms with Gasteiger partial charge in [0.15, 0.2) is 0 Å². The average molecular weight is 333 g/mol. The maximum Gasteiger partial charge on any atom is 0.335 e. The van der Waals surface area contributed by atoms with Crippen molar-refractivity contribution in [1.82, 2.24) is 5.32 Å². The zero-order valence-electron chi connectivity index (χ0n) is 12.9. The van der Waals surface area contributed by atoms with Crippen LogP contribution >= 0.6 is 11.3 Å². The number of fused-ring (bicyclic) bond motifs is 1. The zero-order valence-corrected chi connectivity index (χ0v) is 13.8. The Morgan fingerprint density at radius 3 is 2.91 bits per heavy atom. The number of aromatic carboxylic acids is 1. The van der Waals surface area contributed by atoms with Crippen LogP contribution in [-0.2, 0) is 6.54 Å². The minimum Gasteiger partial charge on any atom is -0.484 e. The Hall–Kier alpha value is -1.89. The lowest BCUT2D eigenvalue weighted by Gasteiger charge is -2.41. The van der Waals surface area contributed by atoms with Crippen LogP contribution in [0, 0.1) is 0 Å². The molecule has 1 aromatic carbocycles. The number of ether oxygens (including phenoxy) is 1. The molecule has 2 aromatic rings. The quantitative estimate of drug-likeness (QED) is 0.802. The molecule has 2 atom stereocenters. The Balaban J connectivity index is 1.80. The number of carboxylic acid groups (broad SMARTS) is 1. The van der Waals surface area contributed by atoms with Gasteiger partial charge in [0.05, 0.1) is 16.5 Å². The van der Waals surface area contributed by atoms with E-state index in [1.165, 1.54) is 11.3 Å². The Labute approximate surface area is 138 Å². The predicted octanol–water partition coefficient (Wildman–Crippen LogP) is 2.81. The van der Waals surface area contributed by atoms with Gasteiger partial charge < -0.3 is 20.3 Å². The number of benzene rings is 1. The van der Waals surface area contributed by atoms with E-state index in [4.69, 9.17) is 9.84 Å². The smallest absolute Gasteiger partial charge is 0.335 e. The molecule has 3 N–H and O–H groups in total. The molecule has 0 bridgehead atoms. The maximum absolute atomic E-state index is 11.0. The molecule has 1 aliphatic rings. The first kappa shape index (κ1) is 16.0. The first-order chi connectivity index (χ1) is 10.9. The molecule has 1 aromatic heterocycles. The first-order valence-electron chi connectivity index (χ1n) is 7.38. The highest BCUT2D eigenvalue weighted by atomic mass is 32.1. The van der Waals surface area contributed by atoms with E-state index < -0.39 is 17.7 Å². The van der Waals surface area contributed by atoms with Gasteiger partial charge in [-0.3, -0.25) is 0 Å². The van der Waals surface area contributed by atoms with Gasteiger partial charge in [-0.2, -0.15) is 0 Å². The number of rotatable bonds is 4. The van der Waals surface area contributed by atoms with Crippen molar-refractivity contribution in [3.63, 3.8) is 0 Å². The van der Waals surface area contributed by atoms with Crippen molar-refractivity contribution in [1.29, 1.82) is 0 Å². The molecule has 23 heavy (non-hydrogen) atoms. The molecular formula is C17H19NO4S. The minimum absolute atomic E-state index is 0.248. The van der Waals surface area contributed by atoms with Gasteiger partial charge in [-0.05, 0) is 43.0 Å². The Morgan fingerprint density at radius 2 is 2.17 bits per heavy atom. The standard InChI is InChI=1S/C17H19NO4S/c1-17(2)15(19)13(14-12(22-17)6-7-23-14)18-9-10-4-3-5-11(8-10)16(20)21/h3-8,13,15,18-19H,9H2,1-2H3,(H,20,21)/t13-,15+/m1/s1. The summed E-state index contributed by atoms with van der Waals surface area (Å²) in [6.07, 6.45) is -0.698. The van der Waals surface area contributed by atoms with E-state index in [-0.39, 0.29) is 11.6 Å². The third-order valence-electron chi connectivity index (χ3n) is 4.04. The molecule has 0 amide bonds. The van der Waals surface area contributed by atoms with Crippen LogP contribution in [0.1, 0.15) is 40.7 Å². The molecule has 0 aliphatic carbocycles. The first-order valence-corrected chi connectivity index (χ1v) is 8.26. The van der Waals surface area contributed by atoms with E-state index in [1.54, 1.807) is 18.2 Å². The van der Waals surface area contributed by atoms with Crippen molar-refractivity contribution in [2.24, 2.45) is 0 Å². The van der Waals surface area contributed by atoms with Crippen LogP contribution < -0.4 is 10.1 Å². The van der Waals surface area contributed by atoms with Crippen LogP contribution in [0.2, 0.25) is 0 Å². The third kappa shape index (κ3) is 3.10. The van der Waals surface area contributed by atoms with Crippen LogP contribution in [0.15, 0.2) is 35.7 Å². The number of aliphatic hydroxyl groups excluding tert-OH is 1. The second-order valence-electron chi connectivity index (χ2n) is 6.16. The second kappa shape index (κ2) is 5.96. The summed E-state index contributed by atoms with van der Waals surface area (Å²) in [4.78, 5) is 12.0. The van der Waals surface area contributed by atoms with Crippen LogP contribution in [0.3, 0.4) is 0 Å². The van der Waals surface area contributed by atoms with Gasteiger partial charge in [-0.25, -0.2) is 4.79 Å². The number of aliphatic hydroxyl groups is 1. The molecule has 0 unspecified atom stereocenters. The lowest BCUT2D eigenvalue weighted by Crippen LogP contribution is -2.51. The van der Waals surface area contributed by atoms with Crippen molar-refractivity contribution < 1.29 is 19.7 Å². The summed E-state index contributed by atoms with van der Waals surface area (Å²) in [6, 6.07) is 8.46. The van der Waals surface area contributed by atoms with Gasteiger partial charge in [-0.1, -0.05) is 12.1 Å². The topological polar surface area (TPSA) is 78.8 Å². The highest BCUT2D eigenvalue weighted by molar-refractivity contribution is 7.10. The van der Waals surface area contributed by atoms with Crippen LogP contribution in [-0.4, -0.2) is 27.9 Å². The second-order valence-corrected chi connectivity index (χ2v) is 7.11. The van der Waals surface area contributed by atoms with E-state index in [2.05, 4.69) is 5.32 Å². The van der Waals surface area contributed by atoms with E-state index in [9.17, 15) is 9.90 Å². The SMILES string of the molecule is CC1(C)Oc2ccsc2[C@@H](NCc2cccc(C(=O)O)c2)[C@@H]1O. The number of carboxylic acids is 1. The Kier molecular flexibility index (Phi) is 4.14. The summed E-state index contributed by atoms with van der Waals surface area (Å²) >= 11 is 1.54. The zero-order chi connectivity index (χ0) is 16.6. The molecule has 2 heterocycles. The number of hydrogen-bond acceptors (Lipinski definition) is 5. The largest absolute Gasteiger partial charge is 0.484 e. The summed E-state index contributed by atoms with van der Waals surface area (Å²) in [5.41, 5.74) is 0.433. The van der Waals surface area contributed by atoms with E-state index >= 15 is 0 Å². The molecule has 5 nitrogen and oxygen atoms in total. The fourth-order valence-electron chi connectivity index (χ4n) is 2.76. The van der Waals surface area contributed by atoms with Gasteiger partial charge in [0.2, 0.25) is 0 Å². The van der Waals surface area contributed by atoms with Crippen molar-refractivity contribution >= 4 is 17.3 Å². The maximum atomic E-state index is 11.0. The molecular weight excluding hydrogens is 314 g/mol.